The van der Waals surface area contributed by atoms with E-state index in [0.717, 1.165) is 31.4 Å². The van der Waals surface area contributed by atoms with Crippen LogP contribution in [-0.2, 0) is 9.59 Å². The molecule has 0 aliphatic rings. The highest BCUT2D eigenvalue weighted by atomic mass is 16.5. The van der Waals surface area contributed by atoms with Crippen molar-refractivity contribution in [1.82, 2.24) is 0 Å². The smallest absolute Gasteiger partial charge is 0.327 e. The van der Waals surface area contributed by atoms with Gasteiger partial charge in [0, 0.05) is 17.6 Å². The molecular weight excluding hydrogens is 360 g/mol. The zero-order valence-corrected chi connectivity index (χ0v) is 16.3. The third kappa shape index (κ3) is 32.4. The molecule has 0 saturated carbocycles. The van der Waals surface area contributed by atoms with Crippen molar-refractivity contribution in [2.24, 2.45) is 5.41 Å². The number of hydrogen-bond donors (Lipinski definition) is 7. The Balaban J connectivity index is -0.000000135. The Hall–Kier alpha value is -1.78. The van der Waals surface area contributed by atoms with Crippen LogP contribution in [0.1, 0.15) is 46.0 Å². The zero-order valence-electron chi connectivity index (χ0n) is 16.3. The summed E-state index contributed by atoms with van der Waals surface area (Å²) in [5.41, 5.74) is -0.667. The maximum atomic E-state index is 9.25. The number of aliphatic hydroxyl groups is 5. The molecule has 162 valence electrons. The van der Waals surface area contributed by atoms with Gasteiger partial charge in [0.15, 0.2) is 6.29 Å². The topological polar surface area (TPSA) is 176 Å². The Morgan fingerprint density at radius 1 is 0.889 bits per heavy atom. The van der Waals surface area contributed by atoms with Crippen molar-refractivity contribution in [2.75, 3.05) is 19.8 Å². The lowest BCUT2D eigenvalue weighted by Crippen LogP contribution is -2.32. The first-order valence-corrected chi connectivity index (χ1v) is 8.45. The number of rotatable bonds is 10. The molecule has 0 rings (SSSR count). The summed E-state index contributed by atoms with van der Waals surface area (Å²) in [6, 6.07) is 0. The lowest BCUT2D eigenvalue weighted by Gasteiger charge is -2.24. The molecule has 0 fully saturated rings. The second kappa shape index (κ2) is 24.2. The molecule has 7 N–H and O–H groups in total. The monoisotopic (exact) mass is 396 g/mol. The molecule has 0 unspecified atom stereocenters. The van der Waals surface area contributed by atoms with Crippen LogP contribution in [0.2, 0.25) is 0 Å². The molecule has 0 aromatic rings. The minimum absolute atomic E-state index is 0.156. The number of carboxylic acids is 2. The fourth-order valence-electron chi connectivity index (χ4n) is 1.06. The molecule has 0 atom stereocenters. The molecule has 9 heteroatoms. The highest BCUT2D eigenvalue weighted by molar-refractivity contribution is 5.79. The normalized spacial score (nSPS) is 9.48. The van der Waals surface area contributed by atoms with Crippen LogP contribution < -0.4 is 0 Å². The quantitative estimate of drug-likeness (QED) is 0.159. The molecular formula is C18H36O9. The van der Waals surface area contributed by atoms with Gasteiger partial charge >= 0.3 is 11.9 Å². The van der Waals surface area contributed by atoms with Gasteiger partial charge in [-0.25, -0.2) is 9.59 Å². The Bertz CT molecular complexity index is 328. The van der Waals surface area contributed by atoms with Crippen molar-refractivity contribution in [3.05, 3.63) is 25.3 Å². The van der Waals surface area contributed by atoms with Crippen molar-refractivity contribution in [3.8, 4) is 0 Å². The largest absolute Gasteiger partial charge is 0.478 e. The van der Waals surface area contributed by atoms with E-state index in [9.17, 15) is 9.59 Å². The van der Waals surface area contributed by atoms with E-state index in [4.69, 9.17) is 35.7 Å². The second-order valence-corrected chi connectivity index (χ2v) is 5.39. The molecule has 0 radical (unpaired) electrons. The first-order chi connectivity index (χ1) is 12.6. The maximum Gasteiger partial charge on any atom is 0.327 e. The summed E-state index contributed by atoms with van der Waals surface area (Å²) in [5.74, 6) is -1.96. The predicted molar refractivity (Wildman–Crippen MR) is 102 cm³/mol. The summed E-state index contributed by atoms with van der Waals surface area (Å²) < 4.78 is 0. The van der Waals surface area contributed by atoms with Gasteiger partial charge < -0.3 is 35.7 Å². The molecule has 0 saturated heterocycles. The average Bonchev–Trinajstić information content (AvgIpc) is 2.65. The fourth-order valence-corrected chi connectivity index (χ4v) is 1.06. The number of carboxylic acid groups (broad SMARTS) is 2. The summed E-state index contributed by atoms with van der Waals surface area (Å²) in [4.78, 5) is 18.5. The van der Waals surface area contributed by atoms with Gasteiger partial charge in [-0.1, -0.05) is 39.8 Å². The Labute approximate surface area is 160 Å². The van der Waals surface area contributed by atoms with Crippen LogP contribution in [0, 0.1) is 5.41 Å². The number of aliphatic carboxylic acids is 2. The lowest BCUT2D eigenvalue weighted by atomic mass is 9.88. The number of carbonyl (C=O) groups is 2. The minimum atomic E-state index is -1.10. The standard InChI is InChI=1S/C6H14O3.C6H14O2.2C3H4O2/c1-2-6(3-7,4-8)5-9;1-2-3-4-5-6(7)8;2*1-2-3(4)5/h7-9H,2-5H2,1H3;6-8H,2-5H2,1H3;2*2H,1H2,(H,4,5). The molecule has 0 aliphatic carbocycles. The zero-order chi connectivity index (χ0) is 22.3. The van der Waals surface area contributed by atoms with Crippen molar-refractivity contribution in [3.63, 3.8) is 0 Å². The van der Waals surface area contributed by atoms with Gasteiger partial charge in [-0.3, -0.25) is 0 Å². The molecule has 0 heterocycles. The number of unbranched alkanes of at least 4 members (excludes halogenated alkanes) is 2. The van der Waals surface area contributed by atoms with Crippen molar-refractivity contribution in [1.29, 1.82) is 0 Å². The van der Waals surface area contributed by atoms with Crippen LogP contribution in [0.5, 0.6) is 0 Å². The van der Waals surface area contributed by atoms with Gasteiger partial charge in [0.2, 0.25) is 0 Å². The summed E-state index contributed by atoms with van der Waals surface area (Å²) in [6.07, 6.45) is 4.84. The second-order valence-electron chi connectivity index (χ2n) is 5.39. The van der Waals surface area contributed by atoms with Gasteiger partial charge in [-0.2, -0.15) is 0 Å². The number of aliphatic hydroxyl groups excluding tert-OH is 4. The van der Waals surface area contributed by atoms with Gasteiger partial charge in [-0.05, 0) is 19.3 Å². The van der Waals surface area contributed by atoms with Gasteiger partial charge in [0.1, 0.15) is 0 Å². The maximum absolute atomic E-state index is 9.25. The predicted octanol–water partition coefficient (Wildman–Crippen LogP) is 0.751. The van der Waals surface area contributed by atoms with Crippen molar-refractivity contribution >= 4 is 11.9 Å². The van der Waals surface area contributed by atoms with Crippen molar-refractivity contribution < 1.29 is 45.3 Å². The Morgan fingerprint density at radius 3 is 1.33 bits per heavy atom. The molecule has 0 aromatic carbocycles. The van der Waals surface area contributed by atoms with E-state index in [2.05, 4.69) is 20.1 Å². The summed E-state index contributed by atoms with van der Waals surface area (Å²) >= 11 is 0. The highest BCUT2D eigenvalue weighted by Crippen LogP contribution is 2.18. The average molecular weight is 396 g/mol. The Kier molecular flexibility index (Phi) is 29.5. The highest BCUT2D eigenvalue weighted by Gasteiger charge is 2.24. The van der Waals surface area contributed by atoms with E-state index in [0.29, 0.717) is 12.8 Å². The van der Waals surface area contributed by atoms with E-state index >= 15 is 0 Å². The third-order valence-corrected chi connectivity index (χ3v) is 3.17. The van der Waals surface area contributed by atoms with Crippen LogP contribution in [0.25, 0.3) is 0 Å². The molecule has 0 bridgehead atoms. The molecule has 0 spiro atoms. The first kappa shape index (κ1) is 32.9. The third-order valence-electron chi connectivity index (χ3n) is 3.17. The van der Waals surface area contributed by atoms with Crippen LogP contribution in [0.3, 0.4) is 0 Å². The van der Waals surface area contributed by atoms with E-state index < -0.39 is 23.6 Å². The summed E-state index contributed by atoms with van der Waals surface area (Å²) in [5, 5.41) is 57.8. The SMILES string of the molecule is C=CC(=O)O.C=CC(=O)O.CCC(CO)(CO)CO.CCCCCC(O)O. The fraction of sp³-hybridized carbons (Fsp3) is 0.667. The summed E-state index contributed by atoms with van der Waals surface area (Å²) in [6.45, 7) is 9.36. The molecule has 9 nitrogen and oxygen atoms in total. The minimum Gasteiger partial charge on any atom is -0.478 e. The van der Waals surface area contributed by atoms with E-state index in [1.165, 1.54) is 0 Å². The molecule has 27 heavy (non-hydrogen) atoms. The first-order valence-electron chi connectivity index (χ1n) is 8.45. The van der Waals surface area contributed by atoms with Gasteiger partial charge in [-0.15, -0.1) is 0 Å². The Morgan fingerprint density at radius 2 is 1.22 bits per heavy atom. The van der Waals surface area contributed by atoms with Crippen molar-refractivity contribution in [2.45, 2.75) is 52.2 Å². The molecule has 0 aliphatic heterocycles. The van der Waals surface area contributed by atoms with Crippen LogP contribution in [0.4, 0.5) is 0 Å². The van der Waals surface area contributed by atoms with Gasteiger partial charge in [0.25, 0.3) is 0 Å². The summed E-state index contributed by atoms with van der Waals surface area (Å²) in [7, 11) is 0. The van der Waals surface area contributed by atoms with Crippen LogP contribution >= 0.6 is 0 Å². The van der Waals surface area contributed by atoms with Crippen LogP contribution in [0.15, 0.2) is 25.3 Å². The van der Waals surface area contributed by atoms with Gasteiger partial charge in [0.05, 0.1) is 19.8 Å². The van der Waals surface area contributed by atoms with Crippen LogP contribution in [-0.4, -0.2) is 73.8 Å². The van der Waals surface area contributed by atoms with E-state index in [-0.39, 0.29) is 19.8 Å². The lowest BCUT2D eigenvalue weighted by molar-refractivity contribution is -0.132. The van der Waals surface area contributed by atoms with E-state index in [1.807, 2.05) is 6.92 Å². The molecule has 0 aromatic heterocycles. The number of hydrogen-bond acceptors (Lipinski definition) is 7. The molecule has 0 amide bonds. The van der Waals surface area contributed by atoms with E-state index in [1.54, 1.807) is 0 Å².